The van der Waals surface area contributed by atoms with E-state index in [0.717, 1.165) is 18.7 Å². The topological polar surface area (TPSA) is 29.3 Å². The molecule has 0 unspecified atom stereocenters. The molecule has 20 heavy (non-hydrogen) atoms. The standard InChI is InChI=1S/C17H27FN2/c1-13(2)7-8-20(17-5-3-4-6-17)12-14-9-15(18)11-16(19)10-14/h9-11,13,17H,3-8,12,19H2,1-2H3. The van der Waals surface area contributed by atoms with Crippen LogP contribution in [0.2, 0.25) is 0 Å². The van der Waals surface area contributed by atoms with E-state index in [9.17, 15) is 4.39 Å². The van der Waals surface area contributed by atoms with Crippen molar-refractivity contribution >= 4 is 5.69 Å². The molecular formula is C17H27FN2. The van der Waals surface area contributed by atoms with Gasteiger partial charge in [-0.3, -0.25) is 4.90 Å². The Balaban J connectivity index is 2.05. The summed E-state index contributed by atoms with van der Waals surface area (Å²) < 4.78 is 13.5. The maximum atomic E-state index is 13.5. The van der Waals surface area contributed by atoms with E-state index in [1.807, 2.05) is 6.07 Å². The van der Waals surface area contributed by atoms with Crippen LogP contribution in [0.3, 0.4) is 0 Å². The first-order valence-corrected chi connectivity index (χ1v) is 7.83. The zero-order valence-corrected chi connectivity index (χ0v) is 12.7. The number of benzene rings is 1. The van der Waals surface area contributed by atoms with E-state index in [4.69, 9.17) is 5.73 Å². The molecule has 1 aromatic rings. The first-order valence-electron chi connectivity index (χ1n) is 7.83. The molecule has 0 aromatic heterocycles. The van der Waals surface area contributed by atoms with Crippen LogP contribution >= 0.6 is 0 Å². The van der Waals surface area contributed by atoms with Gasteiger partial charge in [-0.15, -0.1) is 0 Å². The fraction of sp³-hybridized carbons (Fsp3) is 0.647. The van der Waals surface area contributed by atoms with Crippen molar-refractivity contribution in [2.45, 2.75) is 58.5 Å². The molecule has 0 saturated heterocycles. The molecule has 2 rings (SSSR count). The van der Waals surface area contributed by atoms with Crippen molar-refractivity contribution < 1.29 is 4.39 Å². The number of nitrogens with zero attached hydrogens (tertiary/aromatic N) is 1. The second-order valence-corrected chi connectivity index (χ2v) is 6.48. The van der Waals surface area contributed by atoms with Crippen LogP contribution in [0.1, 0.15) is 51.5 Å². The van der Waals surface area contributed by atoms with E-state index in [-0.39, 0.29) is 5.82 Å². The van der Waals surface area contributed by atoms with Crippen LogP contribution in [0.25, 0.3) is 0 Å². The minimum Gasteiger partial charge on any atom is -0.399 e. The van der Waals surface area contributed by atoms with Crippen molar-refractivity contribution in [3.8, 4) is 0 Å². The molecule has 2 N–H and O–H groups in total. The Morgan fingerprint density at radius 1 is 1.25 bits per heavy atom. The van der Waals surface area contributed by atoms with E-state index < -0.39 is 0 Å². The SMILES string of the molecule is CC(C)CCN(Cc1cc(N)cc(F)c1)C1CCCC1. The first-order chi connectivity index (χ1) is 9.54. The highest BCUT2D eigenvalue weighted by molar-refractivity contribution is 5.41. The van der Waals surface area contributed by atoms with Crippen molar-refractivity contribution in [2.24, 2.45) is 5.92 Å². The third-order valence-electron chi connectivity index (χ3n) is 4.20. The molecule has 1 fully saturated rings. The van der Waals surface area contributed by atoms with Crippen molar-refractivity contribution in [3.63, 3.8) is 0 Å². The van der Waals surface area contributed by atoms with E-state index in [2.05, 4.69) is 18.7 Å². The molecule has 3 heteroatoms. The maximum Gasteiger partial charge on any atom is 0.125 e. The normalized spacial score (nSPS) is 16.4. The summed E-state index contributed by atoms with van der Waals surface area (Å²) >= 11 is 0. The number of nitrogens with two attached hydrogens (primary N) is 1. The number of halogens is 1. The summed E-state index contributed by atoms with van der Waals surface area (Å²) in [6.45, 7) is 6.43. The Bertz CT molecular complexity index is 405. The van der Waals surface area contributed by atoms with Crippen LogP contribution < -0.4 is 5.73 Å². The van der Waals surface area contributed by atoms with E-state index in [0.29, 0.717) is 17.6 Å². The fourth-order valence-electron chi connectivity index (χ4n) is 3.09. The molecule has 1 aromatic carbocycles. The largest absolute Gasteiger partial charge is 0.399 e. The van der Waals surface area contributed by atoms with Gasteiger partial charge in [0.05, 0.1) is 0 Å². The van der Waals surface area contributed by atoms with E-state index in [1.165, 1.54) is 38.2 Å². The summed E-state index contributed by atoms with van der Waals surface area (Å²) in [7, 11) is 0. The molecule has 0 heterocycles. The molecule has 1 saturated carbocycles. The number of hydrogen-bond acceptors (Lipinski definition) is 2. The average Bonchev–Trinajstić information content (AvgIpc) is 2.86. The van der Waals surface area contributed by atoms with Gasteiger partial charge in [-0.2, -0.15) is 0 Å². The van der Waals surface area contributed by atoms with Crippen LogP contribution in [-0.4, -0.2) is 17.5 Å². The van der Waals surface area contributed by atoms with Crippen molar-refractivity contribution in [2.75, 3.05) is 12.3 Å². The molecule has 0 aliphatic heterocycles. The summed E-state index contributed by atoms with van der Waals surface area (Å²) in [5.41, 5.74) is 7.27. The van der Waals surface area contributed by atoms with Gasteiger partial charge < -0.3 is 5.73 Å². The molecule has 0 atom stereocenters. The van der Waals surface area contributed by atoms with Gasteiger partial charge in [-0.1, -0.05) is 26.7 Å². The molecule has 0 radical (unpaired) electrons. The quantitative estimate of drug-likeness (QED) is 0.790. The number of hydrogen-bond donors (Lipinski definition) is 1. The van der Waals surface area contributed by atoms with Crippen molar-refractivity contribution in [1.82, 2.24) is 4.90 Å². The smallest absolute Gasteiger partial charge is 0.125 e. The molecular weight excluding hydrogens is 251 g/mol. The highest BCUT2D eigenvalue weighted by Gasteiger charge is 2.22. The maximum absolute atomic E-state index is 13.5. The second-order valence-electron chi connectivity index (χ2n) is 6.48. The van der Waals surface area contributed by atoms with Crippen molar-refractivity contribution in [1.29, 1.82) is 0 Å². The Labute approximate surface area is 122 Å². The number of anilines is 1. The van der Waals surface area contributed by atoms with Crippen LogP contribution in [0, 0.1) is 11.7 Å². The van der Waals surface area contributed by atoms with E-state index in [1.54, 1.807) is 6.07 Å². The van der Waals surface area contributed by atoms with Crippen LogP contribution in [0.4, 0.5) is 10.1 Å². The Kier molecular flexibility index (Phi) is 5.41. The number of rotatable bonds is 6. The average molecular weight is 278 g/mol. The predicted molar refractivity (Wildman–Crippen MR) is 82.9 cm³/mol. The summed E-state index contributed by atoms with van der Waals surface area (Å²) in [4.78, 5) is 2.53. The molecule has 0 bridgehead atoms. The van der Waals surface area contributed by atoms with Gasteiger partial charge in [0.25, 0.3) is 0 Å². The summed E-state index contributed by atoms with van der Waals surface area (Å²) in [6.07, 6.45) is 6.41. The fourth-order valence-corrected chi connectivity index (χ4v) is 3.09. The Hall–Kier alpha value is -1.09. The van der Waals surface area contributed by atoms with Crippen LogP contribution in [-0.2, 0) is 6.54 Å². The third-order valence-corrected chi connectivity index (χ3v) is 4.20. The molecule has 2 nitrogen and oxygen atoms in total. The highest BCUT2D eigenvalue weighted by Crippen LogP contribution is 2.26. The van der Waals surface area contributed by atoms with Gasteiger partial charge in [0.2, 0.25) is 0 Å². The van der Waals surface area contributed by atoms with Crippen LogP contribution in [0.15, 0.2) is 18.2 Å². The van der Waals surface area contributed by atoms with Gasteiger partial charge in [0.15, 0.2) is 0 Å². The van der Waals surface area contributed by atoms with Crippen molar-refractivity contribution in [3.05, 3.63) is 29.6 Å². The summed E-state index contributed by atoms with van der Waals surface area (Å²) in [5.74, 6) is 0.478. The molecule has 0 spiro atoms. The first kappa shape index (κ1) is 15.3. The van der Waals surface area contributed by atoms with Gasteiger partial charge in [0.1, 0.15) is 5.82 Å². The van der Waals surface area contributed by atoms with E-state index >= 15 is 0 Å². The Morgan fingerprint density at radius 2 is 1.95 bits per heavy atom. The Morgan fingerprint density at radius 3 is 2.55 bits per heavy atom. The molecule has 112 valence electrons. The molecule has 1 aliphatic rings. The summed E-state index contributed by atoms with van der Waals surface area (Å²) in [6, 6.07) is 5.57. The lowest BCUT2D eigenvalue weighted by Crippen LogP contribution is -2.34. The zero-order chi connectivity index (χ0) is 14.5. The van der Waals surface area contributed by atoms with Gasteiger partial charge in [-0.05, 0) is 55.5 Å². The lowest BCUT2D eigenvalue weighted by Gasteiger charge is -2.29. The lowest BCUT2D eigenvalue weighted by atomic mass is 10.1. The minimum atomic E-state index is -0.227. The van der Waals surface area contributed by atoms with Gasteiger partial charge in [-0.25, -0.2) is 4.39 Å². The highest BCUT2D eigenvalue weighted by atomic mass is 19.1. The van der Waals surface area contributed by atoms with Gasteiger partial charge in [0, 0.05) is 18.3 Å². The second kappa shape index (κ2) is 7.07. The minimum absolute atomic E-state index is 0.227. The van der Waals surface area contributed by atoms with Gasteiger partial charge >= 0.3 is 0 Å². The zero-order valence-electron chi connectivity index (χ0n) is 12.7. The molecule has 1 aliphatic carbocycles. The third kappa shape index (κ3) is 4.48. The lowest BCUT2D eigenvalue weighted by molar-refractivity contribution is 0.179. The van der Waals surface area contributed by atoms with Crippen LogP contribution in [0.5, 0.6) is 0 Å². The summed E-state index contributed by atoms with van der Waals surface area (Å²) in [5, 5.41) is 0. The number of nitrogen functional groups attached to an aromatic ring is 1. The predicted octanol–water partition coefficient (Wildman–Crippen LogP) is 4.20. The molecule has 0 amide bonds. The monoisotopic (exact) mass is 278 g/mol.